The van der Waals surface area contributed by atoms with Crippen LogP contribution >= 0.6 is 11.6 Å². The van der Waals surface area contributed by atoms with E-state index in [2.05, 4.69) is 11.8 Å². The molecule has 4 N–H and O–H groups in total. The number of carbonyl (C=O) groups is 1. The molecule has 0 saturated carbocycles. The number of halogens is 1. The van der Waals surface area contributed by atoms with Crippen LogP contribution in [-0.4, -0.2) is 36.5 Å². The quantitative estimate of drug-likeness (QED) is 0.758. The highest BCUT2D eigenvalue weighted by Crippen LogP contribution is 2.10. The first kappa shape index (κ1) is 16.0. The highest BCUT2D eigenvalue weighted by atomic mass is 35.5. The number of amides is 1. The number of primary amides is 1. The lowest BCUT2D eigenvalue weighted by atomic mass is 10.1. The van der Waals surface area contributed by atoms with Crippen LogP contribution in [0.2, 0.25) is 5.02 Å². The zero-order valence-corrected chi connectivity index (χ0v) is 12.1. The van der Waals surface area contributed by atoms with Gasteiger partial charge < -0.3 is 16.4 Å². The SMILES string of the molecule is CCN(CCc1ccc(Cl)cc1)CCC(N)C(N)=O. The molecule has 1 atom stereocenters. The summed E-state index contributed by atoms with van der Waals surface area (Å²) in [5.74, 6) is -0.436. The van der Waals surface area contributed by atoms with Crippen molar-refractivity contribution in [3.05, 3.63) is 34.9 Å². The maximum absolute atomic E-state index is 10.9. The van der Waals surface area contributed by atoms with Crippen molar-refractivity contribution in [3.63, 3.8) is 0 Å². The molecule has 0 aromatic heterocycles. The van der Waals surface area contributed by atoms with Gasteiger partial charge in [0.2, 0.25) is 5.91 Å². The summed E-state index contributed by atoms with van der Waals surface area (Å²) in [6.45, 7) is 4.74. The smallest absolute Gasteiger partial charge is 0.234 e. The fraction of sp³-hybridized carbons (Fsp3) is 0.500. The van der Waals surface area contributed by atoms with Gasteiger partial charge in [0.15, 0.2) is 0 Å². The standard InChI is InChI=1S/C14H22ClN3O/c1-2-18(10-8-13(16)14(17)19)9-7-11-3-5-12(15)6-4-11/h3-6,13H,2,7-10,16H2,1H3,(H2,17,19). The van der Waals surface area contributed by atoms with Gasteiger partial charge in [0.05, 0.1) is 6.04 Å². The summed E-state index contributed by atoms with van der Waals surface area (Å²) < 4.78 is 0. The molecule has 4 nitrogen and oxygen atoms in total. The van der Waals surface area contributed by atoms with Crippen LogP contribution in [0.1, 0.15) is 18.9 Å². The molecule has 1 unspecified atom stereocenters. The van der Waals surface area contributed by atoms with E-state index < -0.39 is 11.9 Å². The van der Waals surface area contributed by atoms with Gasteiger partial charge in [-0.15, -0.1) is 0 Å². The molecule has 0 fully saturated rings. The van der Waals surface area contributed by atoms with Gasteiger partial charge in [0.25, 0.3) is 0 Å². The first-order valence-electron chi connectivity index (χ1n) is 6.54. The highest BCUT2D eigenvalue weighted by Gasteiger charge is 2.11. The summed E-state index contributed by atoms with van der Waals surface area (Å²) in [5, 5.41) is 0.753. The number of benzene rings is 1. The van der Waals surface area contributed by atoms with Crippen LogP contribution in [0.15, 0.2) is 24.3 Å². The van der Waals surface area contributed by atoms with Gasteiger partial charge in [-0.3, -0.25) is 4.79 Å². The van der Waals surface area contributed by atoms with E-state index in [1.54, 1.807) is 0 Å². The fourth-order valence-electron chi connectivity index (χ4n) is 1.83. The summed E-state index contributed by atoms with van der Waals surface area (Å²) in [5.41, 5.74) is 12.0. The van der Waals surface area contributed by atoms with Crippen LogP contribution in [-0.2, 0) is 11.2 Å². The predicted octanol–water partition coefficient (Wildman–Crippen LogP) is 1.41. The molecule has 19 heavy (non-hydrogen) atoms. The summed E-state index contributed by atoms with van der Waals surface area (Å²) in [6.07, 6.45) is 1.56. The van der Waals surface area contributed by atoms with Crippen molar-refractivity contribution in [3.8, 4) is 0 Å². The minimum absolute atomic E-state index is 0.436. The number of likely N-dealkylation sites (N-methyl/N-ethyl adjacent to an activating group) is 1. The van der Waals surface area contributed by atoms with Crippen LogP contribution in [0.3, 0.4) is 0 Å². The molecule has 0 radical (unpaired) electrons. The predicted molar refractivity (Wildman–Crippen MR) is 79.1 cm³/mol. The van der Waals surface area contributed by atoms with Crippen molar-refractivity contribution in [1.29, 1.82) is 0 Å². The number of rotatable bonds is 8. The first-order valence-corrected chi connectivity index (χ1v) is 6.92. The monoisotopic (exact) mass is 283 g/mol. The van der Waals surface area contributed by atoms with Crippen molar-refractivity contribution < 1.29 is 4.79 Å². The Kier molecular flexibility index (Phi) is 6.84. The van der Waals surface area contributed by atoms with Gasteiger partial charge in [-0.1, -0.05) is 30.7 Å². The van der Waals surface area contributed by atoms with E-state index in [4.69, 9.17) is 23.1 Å². The Hall–Kier alpha value is -1.10. The molecule has 1 aromatic carbocycles. The number of hydrogen-bond acceptors (Lipinski definition) is 3. The molecular formula is C14H22ClN3O. The van der Waals surface area contributed by atoms with E-state index in [-0.39, 0.29) is 0 Å². The van der Waals surface area contributed by atoms with Gasteiger partial charge in [0.1, 0.15) is 0 Å². The van der Waals surface area contributed by atoms with E-state index >= 15 is 0 Å². The first-order chi connectivity index (χ1) is 9.02. The summed E-state index contributed by atoms with van der Waals surface area (Å²) in [7, 11) is 0. The normalized spacial score (nSPS) is 12.6. The molecular weight excluding hydrogens is 262 g/mol. The highest BCUT2D eigenvalue weighted by molar-refractivity contribution is 6.30. The Morgan fingerprint density at radius 3 is 2.47 bits per heavy atom. The lowest BCUT2D eigenvalue weighted by Crippen LogP contribution is -2.40. The van der Waals surface area contributed by atoms with Gasteiger partial charge in [-0.05, 0) is 37.1 Å². The average molecular weight is 284 g/mol. The second kappa shape index (κ2) is 8.15. The molecule has 0 aliphatic rings. The van der Waals surface area contributed by atoms with Gasteiger partial charge in [-0.2, -0.15) is 0 Å². The summed E-state index contributed by atoms with van der Waals surface area (Å²) in [4.78, 5) is 13.1. The molecule has 1 rings (SSSR count). The number of nitrogens with two attached hydrogens (primary N) is 2. The van der Waals surface area contributed by atoms with E-state index in [0.717, 1.165) is 31.1 Å². The second-order valence-electron chi connectivity index (χ2n) is 4.61. The number of carbonyl (C=O) groups excluding carboxylic acids is 1. The summed E-state index contributed by atoms with van der Waals surface area (Å²) >= 11 is 5.85. The fourth-order valence-corrected chi connectivity index (χ4v) is 1.96. The molecule has 0 heterocycles. The number of hydrogen-bond donors (Lipinski definition) is 2. The third-order valence-corrected chi connectivity index (χ3v) is 3.45. The van der Waals surface area contributed by atoms with Crippen LogP contribution < -0.4 is 11.5 Å². The molecule has 5 heteroatoms. The van der Waals surface area contributed by atoms with Crippen LogP contribution in [0.4, 0.5) is 0 Å². The van der Waals surface area contributed by atoms with Gasteiger partial charge in [0, 0.05) is 18.1 Å². The van der Waals surface area contributed by atoms with Crippen molar-refractivity contribution in [2.75, 3.05) is 19.6 Å². The summed E-state index contributed by atoms with van der Waals surface area (Å²) in [6, 6.07) is 7.31. The Labute approximate surface area is 119 Å². The van der Waals surface area contributed by atoms with E-state index in [0.29, 0.717) is 6.42 Å². The maximum atomic E-state index is 10.9. The molecule has 1 amide bonds. The average Bonchev–Trinajstić information content (AvgIpc) is 2.40. The zero-order chi connectivity index (χ0) is 14.3. The molecule has 0 aliphatic carbocycles. The van der Waals surface area contributed by atoms with Crippen LogP contribution in [0.25, 0.3) is 0 Å². The topological polar surface area (TPSA) is 72.3 Å². The minimum Gasteiger partial charge on any atom is -0.368 e. The Balaban J connectivity index is 2.36. The zero-order valence-electron chi connectivity index (χ0n) is 11.3. The Morgan fingerprint density at radius 2 is 1.95 bits per heavy atom. The molecule has 0 saturated heterocycles. The molecule has 1 aromatic rings. The largest absolute Gasteiger partial charge is 0.368 e. The van der Waals surface area contributed by atoms with Gasteiger partial charge in [-0.25, -0.2) is 0 Å². The van der Waals surface area contributed by atoms with Crippen LogP contribution in [0, 0.1) is 0 Å². The van der Waals surface area contributed by atoms with Crippen molar-refractivity contribution in [1.82, 2.24) is 4.90 Å². The van der Waals surface area contributed by atoms with Crippen molar-refractivity contribution in [2.24, 2.45) is 11.5 Å². The van der Waals surface area contributed by atoms with Crippen molar-refractivity contribution >= 4 is 17.5 Å². The lowest BCUT2D eigenvalue weighted by molar-refractivity contribution is -0.119. The molecule has 0 aliphatic heterocycles. The van der Waals surface area contributed by atoms with Crippen molar-refractivity contribution in [2.45, 2.75) is 25.8 Å². The van der Waals surface area contributed by atoms with E-state index in [9.17, 15) is 4.79 Å². The lowest BCUT2D eigenvalue weighted by Gasteiger charge is -2.21. The maximum Gasteiger partial charge on any atom is 0.234 e. The molecule has 0 bridgehead atoms. The van der Waals surface area contributed by atoms with E-state index in [1.165, 1.54) is 5.56 Å². The Bertz CT molecular complexity index is 394. The van der Waals surface area contributed by atoms with Crippen LogP contribution in [0.5, 0.6) is 0 Å². The molecule has 0 spiro atoms. The minimum atomic E-state index is -0.551. The Morgan fingerprint density at radius 1 is 1.32 bits per heavy atom. The van der Waals surface area contributed by atoms with Gasteiger partial charge >= 0.3 is 0 Å². The number of nitrogens with zero attached hydrogens (tertiary/aromatic N) is 1. The second-order valence-corrected chi connectivity index (χ2v) is 5.04. The third-order valence-electron chi connectivity index (χ3n) is 3.20. The molecule has 106 valence electrons. The van der Waals surface area contributed by atoms with E-state index in [1.807, 2.05) is 24.3 Å². The third kappa shape index (κ3) is 6.05.